The molecule has 0 aliphatic rings. The molecule has 0 aliphatic carbocycles. The number of nitrogens with one attached hydrogen (secondary N) is 1. The molecule has 0 radical (unpaired) electrons. The molecular weight excluding hydrogens is 341 g/mol. The van der Waals surface area contributed by atoms with Crippen LogP contribution in [0.3, 0.4) is 0 Å². The van der Waals surface area contributed by atoms with Crippen LogP contribution >= 0.6 is 27.5 Å². The van der Waals surface area contributed by atoms with Crippen molar-refractivity contribution in [1.29, 1.82) is 0 Å². The van der Waals surface area contributed by atoms with Gasteiger partial charge in [-0.1, -0.05) is 51.8 Å². The molecule has 1 atom stereocenters. The Labute approximate surface area is 132 Å². The third-order valence-corrected chi connectivity index (χ3v) is 4.70. The van der Waals surface area contributed by atoms with E-state index in [4.69, 9.17) is 11.6 Å². The molecule has 20 heavy (non-hydrogen) atoms. The number of hydrogen-bond donors (Lipinski definition) is 1. The van der Waals surface area contributed by atoms with Gasteiger partial charge in [-0.05, 0) is 49.2 Å². The van der Waals surface area contributed by atoms with E-state index >= 15 is 0 Å². The molecule has 106 valence electrons. The number of likely N-dealkylation sites (N-methyl/N-ethyl adjacent to an activating group) is 1. The average molecular weight is 357 g/mol. The van der Waals surface area contributed by atoms with Crippen molar-refractivity contribution in [3.05, 3.63) is 68.4 Å². The van der Waals surface area contributed by atoms with Gasteiger partial charge in [-0.2, -0.15) is 0 Å². The highest BCUT2D eigenvalue weighted by molar-refractivity contribution is 9.10. The van der Waals surface area contributed by atoms with Gasteiger partial charge in [0.1, 0.15) is 5.82 Å². The van der Waals surface area contributed by atoms with Gasteiger partial charge in [0.15, 0.2) is 0 Å². The van der Waals surface area contributed by atoms with Crippen molar-refractivity contribution in [3.63, 3.8) is 0 Å². The zero-order valence-electron chi connectivity index (χ0n) is 11.4. The topological polar surface area (TPSA) is 12.0 Å². The van der Waals surface area contributed by atoms with E-state index in [1.165, 1.54) is 11.6 Å². The first-order chi connectivity index (χ1) is 9.52. The Bertz CT molecular complexity index is 615. The largest absolute Gasteiger partial charge is 0.313 e. The predicted octanol–water partition coefficient (Wildman–Crippen LogP) is 5.05. The SMILES string of the molecule is CNC(Cc1cccc(F)c1Cl)c1ccc(Br)c(C)c1. The van der Waals surface area contributed by atoms with Gasteiger partial charge < -0.3 is 5.32 Å². The van der Waals surface area contributed by atoms with Gasteiger partial charge in [-0.25, -0.2) is 4.39 Å². The molecule has 0 amide bonds. The maximum atomic E-state index is 13.5. The molecule has 1 unspecified atom stereocenters. The summed E-state index contributed by atoms with van der Waals surface area (Å²) in [5.74, 6) is -0.369. The van der Waals surface area contributed by atoms with Crippen molar-refractivity contribution >= 4 is 27.5 Å². The van der Waals surface area contributed by atoms with Crippen LogP contribution in [0, 0.1) is 12.7 Å². The lowest BCUT2D eigenvalue weighted by molar-refractivity contribution is 0.584. The third-order valence-electron chi connectivity index (χ3n) is 3.39. The molecule has 0 saturated carbocycles. The van der Waals surface area contributed by atoms with Gasteiger partial charge >= 0.3 is 0 Å². The van der Waals surface area contributed by atoms with Crippen molar-refractivity contribution < 1.29 is 4.39 Å². The quantitative estimate of drug-likeness (QED) is 0.808. The molecule has 0 heterocycles. The first-order valence-corrected chi connectivity index (χ1v) is 7.56. The van der Waals surface area contributed by atoms with E-state index in [9.17, 15) is 4.39 Å². The van der Waals surface area contributed by atoms with E-state index in [1.54, 1.807) is 6.07 Å². The number of hydrogen-bond acceptors (Lipinski definition) is 1. The van der Waals surface area contributed by atoms with E-state index in [-0.39, 0.29) is 16.9 Å². The third kappa shape index (κ3) is 3.40. The van der Waals surface area contributed by atoms with Crippen LogP contribution in [0.4, 0.5) is 4.39 Å². The van der Waals surface area contributed by atoms with Gasteiger partial charge in [-0.15, -0.1) is 0 Å². The molecular formula is C16H16BrClFN. The summed E-state index contributed by atoms with van der Waals surface area (Å²) >= 11 is 9.53. The Morgan fingerprint density at radius 2 is 2.05 bits per heavy atom. The van der Waals surface area contributed by atoms with Crippen molar-refractivity contribution in [1.82, 2.24) is 5.32 Å². The maximum Gasteiger partial charge on any atom is 0.142 e. The Hall–Kier alpha value is -0.900. The zero-order valence-corrected chi connectivity index (χ0v) is 13.7. The number of halogens is 3. The molecule has 2 aromatic rings. The fourth-order valence-electron chi connectivity index (χ4n) is 2.20. The monoisotopic (exact) mass is 355 g/mol. The Balaban J connectivity index is 2.28. The zero-order chi connectivity index (χ0) is 14.7. The highest BCUT2D eigenvalue weighted by atomic mass is 79.9. The standard InChI is InChI=1S/C16H16BrClFN/c1-10-8-11(6-7-13(10)17)15(20-2)9-12-4-3-5-14(19)16(12)18/h3-8,15,20H,9H2,1-2H3. The van der Waals surface area contributed by atoms with Crippen LogP contribution < -0.4 is 5.32 Å². The van der Waals surface area contributed by atoms with Gasteiger partial charge in [0.05, 0.1) is 5.02 Å². The Morgan fingerprint density at radius 3 is 2.70 bits per heavy atom. The van der Waals surface area contributed by atoms with Crippen molar-refractivity contribution in [2.24, 2.45) is 0 Å². The van der Waals surface area contributed by atoms with Crippen molar-refractivity contribution in [2.45, 2.75) is 19.4 Å². The van der Waals surface area contributed by atoms with Gasteiger partial charge in [-0.3, -0.25) is 0 Å². The summed E-state index contributed by atoms with van der Waals surface area (Å²) in [6.07, 6.45) is 0.647. The second-order valence-electron chi connectivity index (χ2n) is 4.77. The molecule has 0 saturated heterocycles. The molecule has 2 aromatic carbocycles. The summed E-state index contributed by atoms with van der Waals surface area (Å²) in [7, 11) is 1.90. The van der Waals surface area contributed by atoms with E-state index in [2.05, 4.69) is 40.3 Å². The summed E-state index contributed by atoms with van der Waals surface area (Å²) in [4.78, 5) is 0. The van der Waals surface area contributed by atoms with E-state index in [0.29, 0.717) is 6.42 Å². The van der Waals surface area contributed by atoms with E-state index in [1.807, 2.05) is 19.2 Å². The van der Waals surface area contributed by atoms with Crippen LogP contribution in [-0.2, 0) is 6.42 Å². The first kappa shape index (κ1) is 15.5. The second kappa shape index (κ2) is 6.70. The normalized spacial score (nSPS) is 12.4. The molecule has 0 aliphatic heterocycles. The van der Waals surface area contributed by atoms with Crippen molar-refractivity contribution in [2.75, 3.05) is 7.05 Å². The molecule has 0 spiro atoms. The van der Waals surface area contributed by atoms with Crippen LogP contribution in [0.1, 0.15) is 22.7 Å². The number of benzene rings is 2. The minimum Gasteiger partial charge on any atom is -0.313 e. The van der Waals surface area contributed by atoms with Gasteiger partial charge in [0.2, 0.25) is 0 Å². The smallest absolute Gasteiger partial charge is 0.142 e. The molecule has 1 nitrogen and oxygen atoms in total. The number of aryl methyl sites for hydroxylation is 1. The van der Waals surface area contributed by atoms with E-state index in [0.717, 1.165) is 15.6 Å². The Kier molecular flexibility index (Phi) is 5.19. The lowest BCUT2D eigenvalue weighted by Gasteiger charge is -2.18. The van der Waals surface area contributed by atoms with Gasteiger partial charge in [0, 0.05) is 10.5 Å². The summed E-state index contributed by atoms with van der Waals surface area (Å²) in [5, 5.41) is 3.47. The van der Waals surface area contributed by atoms with Crippen LogP contribution in [0.25, 0.3) is 0 Å². The summed E-state index contributed by atoms with van der Waals surface area (Å²) in [5.41, 5.74) is 3.15. The summed E-state index contributed by atoms with van der Waals surface area (Å²) in [6.45, 7) is 2.05. The van der Waals surface area contributed by atoms with Gasteiger partial charge in [0.25, 0.3) is 0 Å². The molecule has 0 aromatic heterocycles. The van der Waals surface area contributed by atoms with Crippen LogP contribution in [-0.4, -0.2) is 7.05 Å². The first-order valence-electron chi connectivity index (χ1n) is 6.39. The molecule has 0 fully saturated rings. The minimum absolute atomic E-state index is 0.0982. The van der Waals surface area contributed by atoms with Crippen LogP contribution in [0.15, 0.2) is 40.9 Å². The van der Waals surface area contributed by atoms with Crippen LogP contribution in [0.5, 0.6) is 0 Å². The fraction of sp³-hybridized carbons (Fsp3) is 0.250. The molecule has 2 rings (SSSR count). The van der Waals surface area contributed by atoms with E-state index < -0.39 is 0 Å². The van der Waals surface area contributed by atoms with Crippen molar-refractivity contribution in [3.8, 4) is 0 Å². The average Bonchev–Trinajstić information content (AvgIpc) is 2.44. The maximum absolute atomic E-state index is 13.5. The second-order valence-corrected chi connectivity index (χ2v) is 6.00. The summed E-state index contributed by atoms with van der Waals surface area (Å²) in [6, 6.07) is 11.2. The lowest BCUT2D eigenvalue weighted by atomic mass is 9.97. The fourth-order valence-corrected chi connectivity index (χ4v) is 2.65. The highest BCUT2D eigenvalue weighted by Crippen LogP contribution is 2.27. The minimum atomic E-state index is -0.369. The highest BCUT2D eigenvalue weighted by Gasteiger charge is 2.14. The van der Waals surface area contributed by atoms with Crippen LogP contribution in [0.2, 0.25) is 5.02 Å². The molecule has 4 heteroatoms. The number of rotatable bonds is 4. The lowest BCUT2D eigenvalue weighted by Crippen LogP contribution is -2.19. The predicted molar refractivity (Wildman–Crippen MR) is 85.8 cm³/mol. The summed E-state index contributed by atoms with van der Waals surface area (Å²) < 4.78 is 14.6. The Morgan fingerprint density at radius 1 is 1.30 bits per heavy atom. The molecule has 1 N–H and O–H groups in total. The molecule has 0 bridgehead atoms.